The molecule has 2 atom stereocenters. The van der Waals surface area contributed by atoms with Crippen molar-refractivity contribution in [3.8, 4) is 0 Å². The third kappa shape index (κ3) is 6.36. The van der Waals surface area contributed by atoms with Gasteiger partial charge in [-0.2, -0.15) is 0 Å². The fraction of sp³-hybridized carbons (Fsp3) is 0.556. The summed E-state index contributed by atoms with van der Waals surface area (Å²) in [5, 5.41) is 3.77. The molecule has 1 rings (SSSR count). The summed E-state index contributed by atoms with van der Waals surface area (Å²) < 4.78 is 5.38. The normalized spacial score (nSPS) is 13.9. The molecule has 20 heavy (non-hydrogen) atoms. The predicted octanol–water partition coefficient (Wildman–Crippen LogP) is 4.49. The summed E-state index contributed by atoms with van der Waals surface area (Å²) in [6.45, 7) is 6.76. The molecule has 1 aromatic rings. The Hall–Kier alpha value is -1.12. The van der Waals surface area contributed by atoms with Gasteiger partial charge in [0.25, 0.3) is 0 Å². The molecule has 0 aromatic heterocycles. The van der Waals surface area contributed by atoms with Crippen LogP contribution in [-0.2, 0) is 4.74 Å². The van der Waals surface area contributed by atoms with Crippen molar-refractivity contribution in [3.05, 3.63) is 48.6 Å². The Balaban J connectivity index is 2.62. The van der Waals surface area contributed by atoms with E-state index in [0.717, 1.165) is 6.42 Å². The zero-order valence-electron chi connectivity index (χ0n) is 13.0. The minimum atomic E-state index is 0.279. The summed E-state index contributed by atoms with van der Waals surface area (Å²) in [5.74, 6) is 0. The third-order valence-corrected chi connectivity index (χ3v) is 3.57. The summed E-state index contributed by atoms with van der Waals surface area (Å²) in [4.78, 5) is 0. The second-order valence-electron chi connectivity index (χ2n) is 5.29. The lowest BCUT2D eigenvalue weighted by Gasteiger charge is -2.25. The molecule has 0 aliphatic rings. The number of benzene rings is 1. The minimum absolute atomic E-state index is 0.279. The predicted molar refractivity (Wildman–Crippen MR) is 86.9 cm³/mol. The van der Waals surface area contributed by atoms with Gasteiger partial charge in [-0.1, -0.05) is 49.8 Å². The van der Waals surface area contributed by atoms with Crippen molar-refractivity contribution in [1.29, 1.82) is 0 Å². The van der Waals surface area contributed by atoms with Crippen molar-refractivity contribution < 1.29 is 4.74 Å². The Morgan fingerprint density at radius 2 is 2.00 bits per heavy atom. The van der Waals surface area contributed by atoms with Crippen LogP contribution in [0.15, 0.2) is 43.0 Å². The lowest BCUT2D eigenvalue weighted by Crippen LogP contribution is -2.35. The molecular weight excluding hydrogens is 246 g/mol. The Morgan fingerprint density at radius 3 is 2.60 bits per heavy atom. The van der Waals surface area contributed by atoms with Crippen molar-refractivity contribution in [2.75, 3.05) is 13.7 Å². The number of unbranched alkanes of at least 4 members (excludes halogenated alkanes) is 1. The van der Waals surface area contributed by atoms with Crippen LogP contribution in [-0.4, -0.2) is 19.8 Å². The highest BCUT2D eigenvalue weighted by molar-refractivity contribution is 5.19. The van der Waals surface area contributed by atoms with Gasteiger partial charge in [-0.3, -0.25) is 0 Å². The molecule has 0 saturated heterocycles. The van der Waals surface area contributed by atoms with Crippen molar-refractivity contribution in [1.82, 2.24) is 5.32 Å². The van der Waals surface area contributed by atoms with Crippen LogP contribution in [0.5, 0.6) is 0 Å². The smallest absolute Gasteiger partial charge is 0.0657 e. The number of allylic oxidation sites excluding steroid dienone is 1. The van der Waals surface area contributed by atoms with Crippen LogP contribution in [0.3, 0.4) is 0 Å². The number of ether oxygens (including phenoxy) is 1. The third-order valence-electron chi connectivity index (χ3n) is 3.57. The summed E-state index contributed by atoms with van der Waals surface area (Å²) in [6, 6.07) is 11.4. The van der Waals surface area contributed by atoms with Gasteiger partial charge in [-0.25, -0.2) is 0 Å². The molecule has 2 heteroatoms. The molecule has 0 aliphatic heterocycles. The van der Waals surface area contributed by atoms with E-state index in [2.05, 4.69) is 49.2 Å². The maximum Gasteiger partial charge on any atom is 0.0657 e. The molecule has 1 N–H and O–H groups in total. The van der Waals surface area contributed by atoms with E-state index in [1.807, 2.05) is 6.08 Å². The zero-order valence-corrected chi connectivity index (χ0v) is 13.0. The largest absolute Gasteiger partial charge is 0.383 e. The first-order valence-corrected chi connectivity index (χ1v) is 7.72. The van der Waals surface area contributed by atoms with Crippen LogP contribution in [0.1, 0.15) is 50.6 Å². The Kier molecular flexibility index (Phi) is 9.01. The molecule has 112 valence electrons. The molecule has 0 bridgehead atoms. The Labute approximate surface area is 124 Å². The number of methoxy groups -OCH3 is 1. The van der Waals surface area contributed by atoms with Crippen molar-refractivity contribution >= 4 is 0 Å². The quantitative estimate of drug-likeness (QED) is 0.474. The second-order valence-corrected chi connectivity index (χ2v) is 5.29. The second kappa shape index (κ2) is 10.6. The maximum atomic E-state index is 5.38. The molecular formula is C18H29NO. The van der Waals surface area contributed by atoms with Gasteiger partial charge in [0.15, 0.2) is 0 Å². The number of rotatable bonds is 11. The SMILES string of the molecule is C=CCCC[C@H](CCC)N[C@@H](COC)c1ccccc1. The molecule has 0 radical (unpaired) electrons. The van der Waals surface area contributed by atoms with Gasteiger partial charge in [-0.15, -0.1) is 6.58 Å². The monoisotopic (exact) mass is 275 g/mol. The van der Waals surface area contributed by atoms with Crippen LogP contribution >= 0.6 is 0 Å². The van der Waals surface area contributed by atoms with E-state index in [0.29, 0.717) is 12.6 Å². The molecule has 0 unspecified atom stereocenters. The van der Waals surface area contributed by atoms with E-state index in [1.54, 1.807) is 7.11 Å². The van der Waals surface area contributed by atoms with Gasteiger partial charge in [0, 0.05) is 13.2 Å². The van der Waals surface area contributed by atoms with Crippen LogP contribution in [0.4, 0.5) is 0 Å². The van der Waals surface area contributed by atoms with E-state index in [1.165, 1.54) is 31.2 Å². The average Bonchev–Trinajstić information content (AvgIpc) is 2.48. The van der Waals surface area contributed by atoms with E-state index in [9.17, 15) is 0 Å². The van der Waals surface area contributed by atoms with Crippen LogP contribution in [0.25, 0.3) is 0 Å². The highest BCUT2D eigenvalue weighted by Crippen LogP contribution is 2.17. The Bertz CT molecular complexity index is 350. The van der Waals surface area contributed by atoms with Gasteiger partial charge in [0.1, 0.15) is 0 Å². The topological polar surface area (TPSA) is 21.3 Å². The molecule has 0 heterocycles. The molecule has 0 aliphatic carbocycles. The maximum absolute atomic E-state index is 5.38. The fourth-order valence-corrected chi connectivity index (χ4v) is 2.55. The van der Waals surface area contributed by atoms with E-state index >= 15 is 0 Å². The van der Waals surface area contributed by atoms with E-state index in [-0.39, 0.29) is 6.04 Å². The summed E-state index contributed by atoms with van der Waals surface area (Å²) in [6.07, 6.45) is 7.93. The molecule has 0 saturated carbocycles. The van der Waals surface area contributed by atoms with Gasteiger partial charge in [-0.05, 0) is 31.2 Å². The fourth-order valence-electron chi connectivity index (χ4n) is 2.55. The number of hydrogen-bond donors (Lipinski definition) is 1. The first-order chi connectivity index (χ1) is 9.81. The first kappa shape index (κ1) is 16.9. The molecule has 0 spiro atoms. The van der Waals surface area contributed by atoms with E-state index < -0.39 is 0 Å². The van der Waals surface area contributed by atoms with Crippen molar-refractivity contribution in [2.24, 2.45) is 0 Å². The summed E-state index contributed by atoms with van der Waals surface area (Å²) in [7, 11) is 1.77. The molecule has 1 aromatic carbocycles. The number of hydrogen-bond acceptors (Lipinski definition) is 2. The van der Waals surface area contributed by atoms with Gasteiger partial charge in [0.2, 0.25) is 0 Å². The summed E-state index contributed by atoms with van der Waals surface area (Å²) in [5.41, 5.74) is 1.30. The minimum Gasteiger partial charge on any atom is -0.383 e. The molecule has 2 nitrogen and oxygen atoms in total. The Morgan fingerprint density at radius 1 is 1.25 bits per heavy atom. The highest BCUT2D eigenvalue weighted by Gasteiger charge is 2.16. The zero-order chi connectivity index (χ0) is 14.6. The van der Waals surface area contributed by atoms with Gasteiger partial charge >= 0.3 is 0 Å². The average molecular weight is 275 g/mol. The van der Waals surface area contributed by atoms with E-state index in [4.69, 9.17) is 4.74 Å². The van der Waals surface area contributed by atoms with Crippen LogP contribution in [0, 0.1) is 0 Å². The number of nitrogens with one attached hydrogen (secondary N) is 1. The molecule has 0 amide bonds. The van der Waals surface area contributed by atoms with Crippen molar-refractivity contribution in [3.63, 3.8) is 0 Å². The standard InChI is InChI=1S/C18H29NO/c1-4-6-8-14-17(11-5-2)19-18(15-20-3)16-12-9-7-10-13-16/h4,7,9-10,12-13,17-19H,1,5-6,8,11,14-15H2,2-3H3/t17-,18-/m0/s1. The van der Waals surface area contributed by atoms with Crippen LogP contribution in [0.2, 0.25) is 0 Å². The van der Waals surface area contributed by atoms with Crippen molar-refractivity contribution in [2.45, 2.75) is 51.1 Å². The van der Waals surface area contributed by atoms with Crippen LogP contribution < -0.4 is 5.32 Å². The molecule has 0 fully saturated rings. The highest BCUT2D eigenvalue weighted by atomic mass is 16.5. The van der Waals surface area contributed by atoms with Gasteiger partial charge in [0.05, 0.1) is 12.6 Å². The summed E-state index contributed by atoms with van der Waals surface area (Å²) >= 11 is 0. The lowest BCUT2D eigenvalue weighted by atomic mass is 10.0. The van der Waals surface area contributed by atoms with Gasteiger partial charge < -0.3 is 10.1 Å². The first-order valence-electron chi connectivity index (χ1n) is 7.72. The lowest BCUT2D eigenvalue weighted by molar-refractivity contribution is 0.158.